The minimum absolute atomic E-state index is 0.0141. The minimum Gasteiger partial charge on any atom is -0.497 e. The third-order valence-corrected chi connectivity index (χ3v) is 7.32. The maximum absolute atomic E-state index is 14.2. The van der Waals surface area contributed by atoms with Crippen LogP contribution in [0.5, 0.6) is 5.75 Å². The van der Waals surface area contributed by atoms with E-state index in [2.05, 4.69) is 10.1 Å². The lowest BCUT2D eigenvalue weighted by Crippen LogP contribution is -2.50. The number of aliphatic hydroxyl groups is 1. The number of hydrogen-bond donors (Lipinski definition) is 2. The molecule has 0 aliphatic carbocycles. The zero-order valence-corrected chi connectivity index (χ0v) is 22.0. The molecule has 0 radical (unpaired) electrons. The van der Waals surface area contributed by atoms with Gasteiger partial charge in [0.2, 0.25) is 0 Å². The van der Waals surface area contributed by atoms with E-state index in [0.717, 1.165) is 11.8 Å². The molecule has 2 aromatic heterocycles. The predicted octanol–water partition coefficient (Wildman–Crippen LogP) is 3.81. The predicted molar refractivity (Wildman–Crippen MR) is 143 cm³/mol. The zero-order chi connectivity index (χ0) is 28.6. The summed E-state index contributed by atoms with van der Waals surface area (Å²) in [5, 5.41) is 14.0. The summed E-state index contributed by atoms with van der Waals surface area (Å²) >= 11 is 0. The molecule has 9 nitrogen and oxygen atoms in total. The van der Waals surface area contributed by atoms with E-state index in [0.29, 0.717) is 47.7 Å². The van der Waals surface area contributed by atoms with Crippen LogP contribution in [0, 0.1) is 6.92 Å². The molecule has 0 bridgehead atoms. The molecule has 4 aromatic rings. The van der Waals surface area contributed by atoms with Gasteiger partial charge in [-0.05, 0) is 42.8 Å². The standard InChI is InChI=1S/C28H29F3N6O3/c1-17-24(18-7-9-19(40-2)10-8-18)34-26-21(15-33-37(26)25(17)28(29,30)31)27(39)36-13-11-35(12-14-36)23(16-38)20-5-3-4-6-22(20)32/h3-10,15,23,38H,11-14,16,32H2,1-2H3/t23-/m1/s1. The van der Waals surface area contributed by atoms with Crippen LogP contribution in [0.25, 0.3) is 16.9 Å². The number of ether oxygens (including phenoxy) is 1. The summed E-state index contributed by atoms with van der Waals surface area (Å²) in [5.74, 6) is 0.0934. The van der Waals surface area contributed by atoms with Crippen LogP contribution in [0.15, 0.2) is 54.7 Å². The second kappa shape index (κ2) is 10.8. The molecular weight excluding hydrogens is 525 g/mol. The Morgan fingerprint density at radius 3 is 2.38 bits per heavy atom. The molecule has 3 heterocycles. The van der Waals surface area contributed by atoms with Crippen LogP contribution in [0.3, 0.4) is 0 Å². The van der Waals surface area contributed by atoms with Gasteiger partial charge >= 0.3 is 6.18 Å². The SMILES string of the molecule is COc1ccc(-c2nc3c(C(=O)N4CCN([C@H](CO)c5ccccc5N)CC4)cnn3c(C(F)(F)F)c2C)cc1. The number of anilines is 1. The van der Waals surface area contributed by atoms with Crippen molar-refractivity contribution in [3.63, 3.8) is 0 Å². The summed E-state index contributed by atoms with van der Waals surface area (Å²) in [7, 11) is 1.50. The largest absolute Gasteiger partial charge is 0.497 e. The smallest absolute Gasteiger partial charge is 0.433 e. The van der Waals surface area contributed by atoms with Gasteiger partial charge in [0.05, 0.1) is 31.6 Å². The minimum atomic E-state index is -4.73. The normalized spacial score (nSPS) is 15.4. The van der Waals surface area contributed by atoms with Crippen molar-refractivity contribution in [3.8, 4) is 17.0 Å². The Balaban J connectivity index is 1.46. The number of methoxy groups -OCH3 is 1. The summed E-state index contributed by atoms with van der Waals surface area (Å²) in [6.45, 7) is 2.71. The van der Waals surface area contributed by atoms with Crippen molar-refractivity contribution in [2.45, 2.75) is 19.1 Å². The zero-order valence-electron chi connectivity index (χ0n) is 22.0. The van der Waals surface area contributed by atoms with Crippen molar-refractivity contribution in [1.82, 2.24) is 24.4 Å². The summed E-state index contributed by atoms with van der Waals surface area (Å²) in [4.78, 5) is 21.7. The molecule has 0 saturated carbocycles. The van der Waals surface area contributed by atoms with E-state index in [9.17, 15) is 23.1 Å². The van der Waals surface area contributed by atoms with Crippen LogP contribution in [0.2, 0.25) is 0 Å². The van der Waals surface area contributed by atoms with Gasteiger partial charge in [0, 0.05) is 43.0 Å². The van der Waals surface area contributed by atoms with Gasteiger partial charge in [0.15, 0.2) is 11.3 Å². The average Bonchev–Trinajstić information content (AvgIpc) is 3.36. The maximum atomic E-state index is 14.2. The number of nitrogen functional groups attached to an aromatic ring is 1. The highest BCUT2D eigenvalue weighted by Gasteiger charge is 2.39. The Labute approximate surface area is 228 Å². The molecule has 1 atom stereocenters. The van der Waals surface area contributed by atoms with E-state index in [1.165, 1.54) is 14.0 Å². The third kappa shape index (κ3) is 4.95. The van der Waals surface area contributed by atoms with Crippen LogP contribution >= 0.6 is 0 Å². The number of fused-ring (bicyclic) bond motifs is 1. The fourth-order valence-electron chi connectivity index (χ4n) is 5.22. The number of rotatable bonds is 6. The number of alkyl halides is 3. The van der Waals surface area contributed by atoms with Crippen molar-refractivity contribution in [1.29, 1.82) is 0 Å². The van der Waals surface area contributed by atoms with Gasteiger partial charge in [-0.1, -0.05) is 18.2 Å². The summed E-state index contributed by atoms with van der Waals surface area (Å²) in [6, 6.07) is 13.5. The Hall–Kier alpha value is -4.16. The summed E-state index contributed by atoms with van der Waals surface area (Å²) in [6.07, 6.45) is -3.59. The molecule has 12 heteroatoms. The Morgan fingerprint density at radius 2 is 1.77 bits per heavy atom. The first-order valence-electron chi connectivity index (χ1n) is 12.7. The average molecular weight is 555 g/mol. The lowest BCUT2D eigenvalue weighted by Gasteiger charge is -2.39. The number of aromatic nitrogens is 3. The Morgan fingerprint density at radius 1 is 1.10 bits per heavy atom. The number of aliphatic hydroxyl groups excluding tert-OH is 1. The van der Waals surface area contributed by atoms with E-state index in [1.54, 1.807) is 35.2 Å². The second-order valence-corrected chi connectivity index (χ2v) is 9.61. The number of carbonyl (C=O) groups excluding carboxylic acids is 1. The topological polar surface area (TPSA) is 109 Å². The highest BCUT2D eigenvalue weighted by Crippen LogP contribution is 2.37. The number of para-hydroxylation sites is 1. The van der Waals surface area contributed by atoms with Gasteiger partial charge in [0.1, 0.15) is 11.3 Å². The molecule has 1 saturated heterocycles. The van der Waals surface area contributed by atoms with Gasteiger partial charge < -0.3 is 20.5 Å². The second-order valence-electron chi connectivity index (χ2n) is 9.61. The third-order valence-electron chi connectivity index (χ3n) is 7.32. The molecule has 1 aliphatic heterocycles. The molecule has 2 aromatic carbocycles. The van der Waals surface area contributed by atoms with Gasteiger partial charge in [-0.2, -0.15) is 18.3 Å². The van der Waals surface area contributed by atoms with Crippen LogP contribution in [-0.4, -0.2) is 75.3 Å². The first kappa shape index (κ1) is 27.4. The van der Waals surface area contributed by atoms with E-state index in [1.807, 2.05) is 23.1 Å². The molecule has 1 amide bonds. The molecule has 0 spiro atoms. The van der Waals surface area contributed by atoms with Crippen molar-refractivity contribution in [2.75, 3.05) is 45.6 Å². The van der Waals surface area contributed by atoms with Crippen molar-refractivity contribution in [3.05, 3.63) is 77.1 Å². The monoisotopic (exact) mass is 554 g/mol. The fourth-order valence-corrected chi connectivity index (χ4v) is 5.22. The van der Waals surface area contributed by atoms with E-state index in [4.69, 9.17) is 10.5 Å². The molecule has 3 N–H and O–H groups in total. The molecule has 1 aliphatic rings. The van der Waals surface area contributed by atoms with E-state index >= 15 is 0 Å². The first-order chi connectivity index (χ1) is 19.1. The molecule has 210 valence electrons. The van der Waals surface area contributed by atoms with Crippen LogP contribution in [0.1, 0.15) is 33.2 Å². The van der Waals surface area contributed by atoms with Crippen molar-refractivity contribution in [2.24, 2.45) is 0 Å². The van der Waals surface area contributed by atoms with Crippen molar-refractivity contribution < 1.29 is 27.8 Å². The van der Waals surface area contributed by atoms with Crippen LogP contribution in [-0.2, 0) is 6.18 Å². The number of nitrogens with two attached hydrogens (primary N) is 1. The lowest BCUT2D eigenvalue weighted by molar-refractivity contribution is -0.143. The van der Waals surface area contributed by atoms with Gasteiger partial charge in [-0.3, -0.25) is 9.69 Å². The fraction of sp³-hybridized carbons (Fsp3) is 0.321. The maximum Gasteiger partial charge on any atom is 0.433 e. The Kier molecular flexibility index (Phi) is 7.39. The number of carbonyl (C=O) groups is 1. The van der Waals surface area contributed by atoms with Gasteiger partial charge in [0.25, 0.3) is 5.91 Å². The summed E-state index contributed by atoms with van der Waals surface area (Å²) in [5.41, 5.74) is 6.78. The molecule has 5 rings (SSSR count). The molecule has 1 fully saturated rings. The first-order valence-corrected chi connectivity index (χ1v) is 12.7. The summed E-state index contributed by atoms with van der Waals surface area (Å²) < 4.78 is 48.6. The lowest BCUT2D eigenvalue weighted by atomic mass is 10.0. The Bertz CT molecular complexity index is 1530. The van der Waals surface area contributed by atoms with E-state index in [-0.39, 0.29) is 35.1 Å². The molecular formula is C28H29F3N6O3. The number of piperazine rings is 1. The quantitative estimate of drug-likeness (QED) is 0.349. The molecule has 0 unspecified atom stereocenters. The van der Waals surface area contributed by atoms with Gasteiger partial charge in [-0.25, -0.2) is 9.50 Å². The number of nitrogens with zero attached hydrogens (tertiary/aromatic N) is 5. The number of benzene rings is 2. The number of hydrogen-bond acceptors (Lipinski definition) is 7. The highest BCUT2D eigenvalue weighted by molar-refractivity contribution is 6.00. The highest BCUT2D eigenvalue weighted by atomic mass is 19.4. The number of amides is 1. The van der Waals surface area contributed by atoms with Crippen LogP contribution in [0.4, 0.5) is 18.9 Å². The number of halogens is 3. The van der Waals surface area contributed by atoms with Gasteiger partial charge in [-0.15, -0.1) is 0 Å². The van der Waals surface area contributed by atoms with Crippen molar-refractivity contribution >= 4 is 17.2 Å². The van der Waals surface area contributed by atoms with E-state index < -0.39 is 17.8 Å². The van der Waals surface area contributed by atoms with Crippen LogP contribution < -0.4 is 10.5 Å². The molecule has 40 heavy (non-hydrogen) atoms.